The number of para-hydroxylation sites is 1. The molecular formula is C29H26N4O4S2. The predicted molar refractivity (Wildman–Crippen MR) is 151 cm³/mol. The van der Waals surface area contributed by atoms with Crippen LogP contribution in [0.3, 0.4) is 0 Å². The Hall–Kier alpha value is -4.17. The van der Waals surface area contributed by atoms with E-state index in [2.05, 4.69) is 33.1 Å². The zero-order chi connectivity index (χ0) is 27.4. The van der Waals surface area contributed by atoms with Crippen molar-refractivity contribution in [3.05, 3.63) is 106 Å². The molecule has 0 aliphatic carbocycles. The Labute approximate surface area is 231 Å². The summed E-state index contributed by atoms with van der Waals surface area (Å²) in [6.45, 7) is 2.32. The van der Waals surface area contributed by atoms with Gasteiger partial charge in [0.2, 0.25) is 0 Å². The average Bonchev–Trinajstić information content (AvgIpc) is 3.29. The molecule has 0 spiro atoms. The molecule has 39 heavy (non-hydrogen) atoms. The van der Waals surface area contributed by atoms with Crippen molar-refractivity contribution in [2.45, 2.75) is 24.4 Å². The first-order chi connectivity index (χ1) is 18.9. The lowest BCUT2D eigenvalue weighted by Crippen LogP contribution is -2.29. The molecule has 0 atom stereocenters. The number of thiophene rings is 1. The number of carbonyl (C=O) groups excluding carboxylic acids is 1. The van der Waals surface area contributed by atoms with Gasteiger partial charge in [-0.05, 0) is 53.9 Å². The lowest BCUT2D eigenvalue weighted by Gasteiger charge is -2.26. The number of hydrogen-bond donors (Lipinski definition) is 2. The number of anilines is 2. The van der Waals surface area contributed by atoms with E-state index in [4.69, 9.17) is 4.74 Å². The zero-order valence-corrected chi connectivity index (χ0v) is 22.8. The maximum absolute atomic E-state index is 13.4. The van der Waals surface area contributed by atoms with Crippen molar-refractivity contribution in [2.75, 3.05) is 23.7 Å². The lowest BCUT2D eigenvalue weighted by molar-refractivity contribution is 0.102. The lowest BCUT2D eigenvalue weighted by atomic mass is 10.0. The molecule has 0 saturated carbocycles. The Morgan fingerprint density at radius 3 is 2.49 bits per heavy atom. The fourth-order valence-electron chi connectivity index (χ4n) is 4.54. The highest BCUT2D eigenvalue weighted by atomic mass is 32.2. The number of hydrogen-bond acceptors (Lipinski definition) is 7. The van der Waals surface area contributed by atoms with Gasteiger partial charge >= 0.3 is 0 Å². The summed E-state index contributed by atoms with van der Waals surface area (Å²) >= 11 is 1.40. The topological polar surface area (TPSA) is 112 Å². The van der Waals surface area contributed by atoms with Crippen molar-refractivity contribution in [3.63, 3.8) is 0 Å². The molecule has 3 aromatic carbocycles. The van der Waals surface area contributed by atoms with Crippen LogP contribution in [0.5, 0.6) is 5.75 Å². The summed E-state index contributed by atoms with van der Waals surface area (Å²) in [4.78, 5) is 16.8. The Kier molecular flexibility index (Phi) is 7.65. The van der Waals surface area contributed by atoms with Crippen LogP contribution in [-0.4, -0.2) is 32.9 Å². The van der Waals surface area contributed by atoms with Gasteiger partial charge in [0.05, 0.1) is 28.8 Å². The fraction of sp³-hybridized carbons (Fsp3) is 0.172. The Morgan fingerprint density at radius 2 is 1.77 bits per heavy atom. The van der Waals surface area contributed by atoms with Gasteiger partial charge in [-0.2, -0.15) is 5.26 Å². The molecule has 2 N–H and O–H groups in total. The van der Waals surface area contributed by atoms with E-state index in [9.17, 15) is 18.5 Å². The van der Waals surface area contributed by atoms with E-state index < -0.39 is 15.9 Å². The third-order valence-corrected chi connectivity index (χ3v) is 9.02. The van der Waals surface area contributed by atoms with Crippen molar-refractivity contribution in [1.82, 2.24) is 4.90 Å². The van der Waals surface area contributed by atoms with Crippen LogP contribution in [0, 0.1) is 11.3 Å². The average molecular weight is 559 g/mol. The number of fused-ring (bicyclic) bond motifs is 1. The summed E-state index contributed by atoms with van der Waals surface area (Å²) in [5, 5.41) is 13.3. The van der Waals surface area contributed by atoms with E-state index in [1.807, 2.05) is 18.2 Å². The molecule has 0 bridgehead atoms. The molecular weight excluding hydrogens is 532 g/mol. The molecule has 0 fully saturated rings. The fourth-order valence-corrected chi connectivity index (χ4v) is 6.85. The maximum atomic E-state index is 13.4. The normalized spacial score (nSPS) is 13.2. The van der Waals surface area contributed by atoms with Crippen molar-refractivity contribution < 1.29 is 17.9 Å². The van der Waals surface area contributed by atoms with Crippen LogP contribution in [0.15, 0.2) is 83.8 Å². The second kappa shape index (κ2) is 11.3. The summed E-state index contributed by atoms with van der Waals surface area (Å²) < 4.78 is 33.6. The first kappa shape index (κ1) is 26.4. The number of benzene rings is 3. The van der Waals surface area contributed by atoms with E-state index in [0.717, 1.165) is 30.0 Å². The summed E-state index contributed by atoms with van der Waals surface area (Å²) in [5.41, 5.74) is 2.95. The monoisotopic (exact) mass is 558 g/mol. The standard InChI is InChI=1S/C29H26N4O4S2/c1-37-21-11-13-22(14-12-21)39(35,36)32-26-10-6-5-9-24(26)28(34)31-29-25(17-30)23-15-16-33(19-27(23)38-29)18-20-7-3-2-4-8-20/h2-14,32H,15-16,18-19H2,1H3,(H,31,34). The summed E-state index contributed by atoms with van der Waals surface area (Å²) in [6, 6.07) is 24.8. The second-order valence-electron chi connectivity index (χ2n) is 9.05. The molecule has 1 aliphatic heterocycles. The minimum absolute atomic E-state index is 0.0382. The van der Waals surface area contributed by atoms with E-state index in [0.29, 0.717) is 22.9 Å². The largest absolute Gasteiger partial charge is 0.497 e. The van der Waals surface area contributed by atoms with Crippen molar-refractivity contribution in [2.24, 2.45) is 0 Å². The van der Waals surface area contributed by atoms with Gasteiger partial charge in [0.15, 0.2) is 0 Å². The molecule has 0 saturated heterocycles. The summed E-state index contributed by atoms with van der Waals surface area (Å²) in [5.74, 6) is 0.0307. The van der Waals surface area contributed by atoms with E-state index >= 15 is 0 Å². The number of amides is 1. The van der Waals surface area contributed by atoms with Gasteiger partial charge in [0.1, 0.15) is 16.8 Å². The smallest absolute Gasteiger partial charge is 0.261 e. The van der Waals surface area contributed by atoms with Crippen LogP contribution in [0.4, 0.5) is 10.7 Å². The summed E-state index contributed by atoms with van der Waals surface area (Å²) in [6.07, 6.45) is 0.718. The highest BCUT2D eigenvalue weighted by molar-refractivity contribution is 7.92. The zero-order valence-electron chi connectivity index (χ0n) is 21.2. The number of carbonyl (C=O) groups is 1. The minimum atomic E-state index is -3.96. The number of nitrogens with one attached hydrogen (secondary N) is 2. The van der Waals surface area contributed by atoms with Gasteiger partial charge in [-0.1, -0.05) is 42.5 Å². The van der Waals surface area contributed by atoms with Crippen LogP contribution in [0.1, 0.15) is 31.9 Å². The van der Waals surface area contributed by atoms with Crippen LogP contribution < -0.4 is 14.8 Å². The van der Waals surface area contributed by atoms with E-state index in [1.54, 1.807) is 30.3 Å². The second-order valence-corrected chi connectivity index (χ2v) is 11.8. The molecule has 1 aliphatic rings. The van der Waals surface area contributed by atoms with Crippen LogP contribution in [0.25, 0.3) is 0 Å². The Bertz CT molecular complexity index is 1640. The highest BCUT2D eigenvalue weighted by Gasteiger charge is 2.26. The number of methoxy groups -OCH3 is 1. The van der Waals surface area contributed by atoms with Crippen molar-refractivity contribution in [3.8, 4) is 11.8 Å². The highest BCUT2D eigenvalue weighted by Crippen LogP contribution is 2.37. The predicted octanol–water partition coefficient (Wildman–Crippen LogP) is 5.24. The molecule has 4 aromatic rings. The van der Waals surface area contributed by atoms with Gasteiger partial charge in [-0.15, -0.1) is 11.3 Å². The number of sulfonamides is 1. The molecule has 198 valence electrons. The third-order valence-electron chi connectivity index (χ3n) is 6.51. The third kappa shape index (κ3) is 5.81. The molecule has 1 amide bonds. The summed E-state index contributed by atoms with van der Waals surface area (Å²) in [7, 11) is -2.46. The van der Waals surface area contributed by atoms with Gasteiger partial charge in [-0.3, -0.25) is 14.4 Å². The van der Waals surface area contributed by atoms with Crippen LogP contribution in [-0.2, 0) is 29.5 Å². The van der Waals surface area contributed by atoms with Crippen LogP contribution >= 0.6 is 11.3 Å². The first-order valence-electron chi connectivity index (χ1n) is 12.3. The molecule has 8 nitrogen and oxygen atoms in total. The SMILES string of the molecule is COc1ccc(S(=O)(=O)Nc2ccccc2C(=O)Nc2sc3c(c2C#N)CCN(Cc2ccccc2)C3)cc1. The Morgan fingerprint density at radius 1 is 1.05 bits per heavy atom. The minimum Gasteiger partial charge on any atom is -0.497 e. The quantitative estimate of drug-likeness (QED) is 0.306. The molecule has 10 heteroatoms. The van der Waals surface area contributed by atoms with E-state index in [-0.39, 0.29) is 16.1 Å². The van der Waals surface area contributed by atoms with Crippen LogP contribution in [0.2, 0.25) is 0 Å². The number of rotatable bonds is 8. The van der Waals surface area contributed by atoms with Gasteiger partial charge < -0.3 is 10.1 Å². The van der Waals surface area contributed by atoms with E-state index in [1.165, 1.54) is 42.2 Å². The van der Waals surface area contributed by atoms with Crippen molar-refractivity contribution >= 4 is 38.0 Å². The number of ether oxygens (including phenoxy) is 1. The maximum Gasteiger partial charge on any atom is 0.261 e. The van der Waals surface area contributed by atoms with Gasteiger partial charge in [0, 0.05) is 24.5 Å². The van der Waals surface area contributed by atoms with Gasteiger partial charge in [0.25, 0.3) is 15.9 Å². The molecule has 2 heterocycles. The number of nitriles is 1. The van der Waals surface area contributed by atoms with Crippen molar-refractivity contribution in [1.29, 1.82) is 5.26 Å². The molecule has 0 radical (unpaired) electrons. The first-order valence-corrected chi connectivity index (χ1v) is 14.6. The molecule has 0 unspecified atom stereocenters. The molecule has 5 rings (SSSR count). The Balaban J connectivity index is 1.35. The molecule has 1 aromatic heterocycles. The number of nitrogens with zero attached hydrogens (tertiary/aromatic N) is 2. The van der Waals surface area contributed by atoms with Gasteiger partial charge in [-0.25, -0.2) is 8.42 Å².